The minimum absolute atomic E-state index is 0.0971. The van der Waals surface area contributed by atoms with Gasteiger partial charge in [0.2, 0.25) is 5.13 Å². The second-order valence-corrected chi connectivity index (χ2v) is 8.43. The first kappa shape index (κ1) is 17.6. The molecule has 1 saturated carbocycles. The van der Waals surface area contributed by atoms with E-state index in [-0.39, 0.29) is 5.56 Å². The number of hydrogen-bond donors (Lipinski definition) is 0. The number of anilines is 2. The van der Waals surface area contributed by atoms with Crippen molar-refractivity contribution in [2.24, 2.45) is 0 Å². The van der Waals surface area contributed by atoms with Crippen molar-refractivity contribution in [3.05, 3.63) is 40.7 Å². The highest BCUT2D eigenvalue weighted by Gasteiger charge is 2.22. The lowest BCUT2D eigenvalue weighted by molar-refractivity contribution is 0.499. The summed E-state index contributed by atoms with van der Waals surface area (Å²) in [6.45, 7) is 5.61. The van der Waals surface area contributed by atoms with Gasteiger partial charge in [-0.2, -0.15) is 4.37 Å². The van der Waals surface area contributed by atoms with Gasteiger partial charge in [-0.15, -0.1) is 0 Å². The second kappa shape index (κ2) is 7.16. The molecule has 0 N–H and O–H groups in total. The third-order valence-corrected chi connectivity index (χ3v) is 6.79. The maximum atomic E-state index is 12.9. The Kier molecular flexibility index (Phi) is 4.50. The topological polar surface area (TPSA) is 67.2 Å². The number of aryl methyl sites for hydroxylation is 1. The summed E-state index contributed by atoms with van der Waals surface area (Å²) >= 11 is 1.47. The lowest BCUT2D eigenvalue weighted by atomic mass is 10.1. The van der Waals surface area contributed by atoms with E-state index in [1.165, 1.54) is 24.4 Å². The molecule has 7 nitrogen and oxygen atoms in total. The molecular weight excluding hydrogens is 372 g/mol. The zero-order valence-electron chi connectivity index (χ0n) is 16.0. The van der Waals surface area contributed by atoms with Gasteiger partial charge < -0.3 is 9.80 Å². The zero-order valence-corrected chi connectivity index (χ0v) is 16.9. The number of hydrogen-bond acceptors (Lipinski definition) is 7. The molecule has 1 saturated heterocycles. The molecule has 0 spiro atoms. The molecule has 28 heavy (non-hydrogen) atoms. The van der Waals surface area contributed by atoms with Crippen LogP contribution in [0.5, 0.6) is 0 Å². The Morgan fingerprint density at radius 3 is 2.54 bits per heavy atom. The molecule has 2 aliphatic rings. The lowest BCUT2D eigenvalue weighted by Crippen LogP contribution is -2.46. The number of piperazine rings is 1. The number of rotatable bonds is 3. The van der Waals surface area contributed by atoms with Crippen molar-refractivity contribution in [1.29, 1.82) is 0 Å². The zero-order chi connectivity index (χ0) is 19.1. The second-order valence-electron chi connectivity index (χ2n) is 7.69. The average molecular weight is 397 g/mol. The summed E-state index contributed by atoms with van der Waals surface area (Å²) in [6, 6.07) is 6.39. The van der Waals surface area contributed by atoms with Gasteiger partial charge >= 0.3 is 0 Å². The lowest BCUT2D eigenvalue weighted by Gasteiger charge is -2.35. The first-order chi connectivity index (χ1) is 13.7. The van der Waals surface area contributed by atoms with Crippen LogP contribution in [0.4, 0.5) is 10.8 Å². The van der Waals surface area contributed by atoms with Crippen molar-refractivity contribution in [3.63, 3.8) is 0 Å². The maximum Gasteiger partial charge on any atom is 0.261 e. The van der Waals surface area contributed by atoms with Crippen molar-refractivity contribution in [2.75, 3.05) is 36.0 Å². The average Bonchev–Trinajstić information content (AvgIpc) is 3.40. The molecule has 146 valence electrons. The molecule has 1 aliphatic carbocycles. The molecule has 0 bridgehead atoms. The van der Waals surface area contributed by atoms with Crippen LogP contribution in [-0.2, 0) is 0 Å². The number of aromatic nitrogens is 4. The molecule has 3 heterocycles. The fraction of sp³-hybridized carbons (Fsp3) is 0.500. The molecule has 1 aliphatic heterocycles. The molecule has 0 unspecified atom stereocenters. The van der Waals surface area contributed by atoms with Crippen molar-refractivity contribution < 1.29 is 0 Å². The van der Waals surface area contributed by atoms with Crippen LogP contribution >= 0.6 is 11.5 Å². The quantitative estimate of drug-likeness (QED) is 0.678. The third-order valence-electron chi connectivity index (χ3n) is 5.92. The molecule has 2 fully saturated rings. The summed E-state index contributed by atoms with van der Waals surface area (Å²) in [4.78, 5) is 26.7. The van der Waals surface area contributed by atoms with E-state index >= 15 is 0 Å². The number of benzene rings is 1. The molecule has 0 atom stereocenters. The highest BCUT2D eigenvalue weighted by Crippen LogP contribution is 2.29. The predicted molar refractivity (Wildman–Crippen MR) is 113 cm³/mol. The van der Waals surface area contributed by atoms with Crippen molar-refractivity contribution in [1.82, 2.24) is 18.9 Å². The van der Waals surface area contributed by atoms with Crippen molar-refractivity contribution >= 4 is 33.3 Å². The number of nitrogens with zero attached hydrogens (tertiary/aromatic N) is 6. The summed E-state index contributed by atoms with van der Waals surface area (Å²) < 4.78 is 6.13. The van der Waals surface area contributed by atoms with Crippen LogP contribution in [-0.4, -0.2) is 45.1 Å². The van der Waals surface area contributed by atoms with Crippen molar-refractivity contribution in [2.45, 2.75) is 38.6 Å². The van der Waals surface area contributed by atoms with Gasteiger partial charge in [-0.3, -0.25) is 9.36 Å². The Morgan fingerprint density at radius 2 is 1.82 bits per heavy atom. The standard InChI is InChI=1S/C20H24N6OS/c1-14-22-20(28-23-14)25-10-8-24(9-11-25)16-6-7-17-18(12-16)21-13-26(19(17)27)15-4-2-3-5-15/h6-7,12-13,15H,2-5,8-11H2,1H3. The van der Waals surface area contributed by atoms with E-state index < -0.39 is 0 Å². The predicted octanol–water partition coefficient (Wildman–Crippen LogP) is 3.00. The van der Waals surface area contributed by atoms with Gasteiger partial charge in [-0.25, -0.2) is 9.97 Å². The van der Waals surface area contributed by atoms with Gasteiger partial charge in [-0.1, -0.05) is 12.8 Å². The first-order valence-corrected chi connectivity index (χ1v) is 10.8. The van der Waals surface area contributed by atoms with Gasteiger partial charge in [0.25, 0.3) is 5.56 Å². The molecule has 0 radical (unpaired) electrons. The maximum absolute atomic E-state index is 12.9. The molecule has 5 rings (SSSR count). The minimum Gasteiger partial charge on any atom is -0.368 e. The van der Waals surface area contributed by atoms with Crippen LogP contribution in [0.3, 0.4) is 0 Å². The molecule has 0 amide bonds. The van der Waals surface area contributed by atoms with E-state index in [4.69, 9.17) is 0 Å². The molecular formula is C20H24N6OS. The minimum atomic E-state index is 0.0971. The summed E-state index contributed by atoms with van der Waals surface area (Å²) in [6.07, 6.45) is 6.33. The van der Waals surface area contributed by atoms with E-state index in [0.29, 0.717) is 6.04 Å². The van der Waals surface area contributed by atoms with Gasteiger partial charge in [0.05, 0.1) is 17.2 Å². The van der Waals surface area contributed by atoms with Crippen LogP contribution in [0, 0.1) is 6.92 Å². The Bertz CT molecular complexity index is 1050. The molecule has 8 heteroatoms. The van der Waals surface area contributed by atoms with E-state index in [9.17, 15) is 4.79 Å². The monoisotopic (exact) mass is 396 g/mol. The summed E-state index contributed by atoms with van der Waals surface area (Å²) in [5.41, 5.74) is 2.02. The van der Waals surface area contributed by atoms with E-state index in [1.807, 2.05) is 17.6 Å². The van der Waals surface area contributed by atoms with E-state index in [0.717, 1.165) is 66.6 Å². The summed E-state index contributed by atoms with van der Waals surface area (Å²) in [5, 5.41) is 1.73. The van der Waals surface area contributed by atoms with Crippen LogP contribution in [0.15, 0.2) is 29.3 Å². The van der Waals surface area contributed by atoms with Crippen LogP contribution < -0.4 is 15.4 Å². The van der Waals surface area contributed by atoms with Crippen LogP contribution in [0.2, 0.25) is 0 Å². The largest absolute Gasteiger partial charge is 0.368 e. The summed E-state index contributed by atoms with van der Waals surface area (Å²) in [5.74, 6) is 0.839. The van der Waals surface area contributed by atoms with Crippen LogP contribution in [0.1, 0.15) is 37.5 Å². The fourth-order valence-electron chi connectivity index (χ4n) is 4.33. The molecule has 2 aromatic heterocycles. The SMILES string of the molecule is Cc1nsc(N2CCN(c3ccc4c(=O)n(C5CCCC5)cnc4c3)CC2)n1. The number of fused-ring (bicyclic) bond motifs is 1. The highest BCUT2D eigenvalue weighted by atomic mass is 32.1. The van der Waals surface area contributed by atoms with Gasteiger partial charge in [0, 0.05) is 49.4 Å². The van der Waals surface area contributed by atoms with Gasteiger partial charge in [0.15, 0.2) is 0 Å². The van der Waals surface area contributed by atoms with E-state index in [2.05, 4.69) is 36.3 Å². The Balaban J connectivity index is 1.35. The van der Waals surface area contributed by atoms with Crippen molar-refractivity contribution in [3.8, 4) is 0 Å². The summed E-state index contributed by atoms with van der Waals surface area (Å²) in [7, 11) is 0. The highest BCUT2D eigenvalue weighted by molar-refractivity contribution is 7.09. The first-order valence-electron chi connectivity index (χ1n) is 10.0. The van der Waals surface area contributed by atoms with Gasteiger partial charge in [-0.05, 0) is 38.0 Å². The van der Waals surface area contributed by atoms with E-state index in [1.54, 1.807) is 6.33 Å². The molecule has 1 aromatic carbocycles. The molecule has 3 aromatic rings. The van der Waals surface area contributed by atoms with Crippen LogP contribution in [0.25, 0.3) is 10.9 Å². The third kappa shape index (κ3) is 3.15. The Morgan fingerprint density at radius 1 is 1.07 bits per heavy atom. The Hall–Kier alpha value is -2.48. The Labute approximate surface area is 167 Å². The fourth-order valence-corrected chi connectivity index (χ4v) is 5.06. The normalized spacial score (nSPS) is 18.3. The van der Waals surface area contributed by atoms with Gasteiger partial charge in [0.1, 0.15) is 5.82 Å². The smallest absolute Gasteiger partial charge is 0.261 e.